The normalized spacial score (nSPS) is 18.6. The average Bonchev–Trinajstić information content (AvgIpc) is 2.42. The lowest BCUT2D eigenvalue weighted by Gasteiger charge is -2.23. The second-order valence-corrected chi connectivity index (χ2v) is 4.56. The third-order valence-electron chi connectivity index (χ3n) is 3.11. The van der Waals surface area contributed by atoms with Crippen molar-refractivity contribution in [2.24, 2.45) is 0 Å². The summed E-state index contributed by atoms with van der Waals surface area (Å²) in [6.45, 7) is 1.39. The van der Waals surface area contributed by atoms with Crippen LogP contribution in [0, 0.1) is 21.7 Å². The molecular formula is C12H13F2N3O3. The third kappa shape index (κ3) is 3.08. The predicted molar refractivity (Wildman–Crippen MR) is 66.4 cm³/mol. The molecule has 1 aliphatic heterocycles. The Bertz CT molecular complexity index is 545. The summed E-state index contributed by atoms with van der Waals surface area (Å²) in [5.74, 6) is -3.42. The molecule has 1 aromatic rings. The summed E-state index contributed by atoms with van der Waals surface area (Å²) in [7, 11) is 0. The fraction of sp³-hybridized carbons (Fsp3) is 0.417. The number of amides is 1. The number of nitrogens with zero attached hydrogens (tertiary/aromatic N) is 1. The lowest BCUT2D eigenvalue weighted by Crippen LogP contribution is -2.45. The minimum atomic E-state index is -1.35. The number of rotatable bonds is 3. The Kier molecular flexibility index (Phi) is 4.23. The Balaban J connectivity index is 2.23. The highest BCUT2D eigenvalue weighted by Crippen LogP contribution is 2.22. The molecule has 0 aliphatic carbocycles. The van der Waals surface area contributed by atoms with Crippen LogP contribution in [0.3, 0.4) is 0 Å². The molecule has 0 spiro atoms. The Labute approximate surface area is 113 Å². The molecule has 1 saturated heterocycles. The van der Waals surface area contributed by atoms with Crippen LogP contribution in [0.2, 0.25) is 0 Å². The number of carbonyl (C=O) groups excluding carboxylic acids is 1. The molecule has 0 radical (unpaired) electrons. The minimum absolute atomic E-state index is 0.177. The van der Waals surface area contributed by atoms with Crippen molar-refractivity contribution in [1.82, 2.24) is 10.6 Å². The van der Waals surface area contributed by atoms with Crippen molar-refractivity contribution in [3.63, 3.8) is 0 Å². The third-order valence-corrected chi connectivity index (χ3v) is 3.11. The zero-order valence-corrected chi connectivity index (χ0v) is 10.5. The Morgan fingerprint density at radius 1 is 1.40 bits per heavy atom. The molecule has 6 nitrogen and oxygen atoms in total. The maximum absolute atomic E-state index is 13.2. The molecule has 20 heavy (non-hydrogen) atoms. The van der Waals surface area contributed by atoms with E-state index >= 15 is 0 Å². The summed E-state index contributed by atoms with van der Waals surface area (Å²) in [5.41, 5.74) is -1.22. The van der Waals surface area contributed by atoms with Gasteiger partial charge in [-0.15, -0.1) is 0 Å². The van der Waals surface area contributed by atoms with Gasteiger partial charge >= 0.3 is 0 Å². The summed E-state index contributed by atoms with van der Waals surface area (Å²) in [6, 6.07) is 0.798. The fourth-order valence-corrected chi connectivity index (χ4v) is 2.11. The van der Waals surface area contributed by atoms with E-state index in [1.807, 2.05) is 0 Å². The first-order valence-electron chi connectivity index (χ1n) is 6.14. The lowest BCUT2D eigenvalue weighted by molar-refractivity contribution is -0.385. The maximum atomic E-state index is 13.2. The molecule has 108 valence electrons. The zero-order valence-electron chi connectivity index (χ0n) is 10.5. The van der Waals surface area contributed by atoms with Gasteiger partial charge in [0.1, 0.15) is 5.56 Å². The number of nitro benzene ring substituents is 1. The molecule has 1 heterocycles. The highest BCUT2D eigenvalue weighted by atomic mass is 19.2. The number of benzene rings is 1. The van der Waals surface area contributed by atoms with Crippen LogP contribution in [-0.2, 0) is 0 Å². The van der Waals surface area contributed by atoms with Crippen LogP contribution in [0.1, 0.15) is 23.2 Å². The highest BCUT2D eigenvalue weighted by Gasteiger charge is 2.25. The van der Waals surface area contributed by atoms with Crippen LogP contribution in [0.5, 0.6) is 0 Å². The van der Waals surface area contributed by atoms with Gasteiger partial charge in [0.2, 0.25) is 0 Å². The van der Waals surface area contributed by atoms with Crippen LogP contribution in [0.15, 0.2) is 12.1 Å². The number of piperidine rings is 1. The largest absolute Gasteiger partial charge is 0.348 e. The van der Waals surface area contributed by atoms with Gasteiger partial charge in [0.05, 0.1) is 11.0 Å². The van der Waals surface area contributed by atoms with E-state index in [4.69, 9.17) is 0 Å². The van der Waals surface area contributed by atoms with Gasteiger partial charge in [-0.2, -0.15) is 0 Å². The predicted octanol–water partition coefficient (Wildman–Crippen LogP) is 1.35. The Morgan fingerprint density at radius 3 is 2.70 bits per heavy atom. The molecule has 2 N–H and O–H groups in total. The number of carbonyl (C=O) groups is 1. The molecule has 2 rings (SSSR count). The highest BCUT2D eigenvalue weighted by molar-refractivity contribution is 5.98. The van der Waals surface area contributed by atoms with Crippen molar-refractivity contribution in [2.45, 2.75) is 18.9 Å². The first kappa shape index (κ1) is 14.3. The van der Waals surface area contributed by atoms with Gasteiger partial charge in [-0.05, 0) is 25.5 Å². The van der Waals surface area contributed by atoms with Crippen LogP contribution < -0.4 is 10.6 Å². The average molecular weight is 285 g/mol. The van der Waals surface area contributed by atoms with E-state index in [1.54, 1.807) is 0 Å². The van der Waals surface area contributed by atoms with Crippen LogP contribution >= 0.6 is 0 Å². The van der Waals surface area contributed by atoms with Crippen molar-refractivity contribution in [3.05, 3.63) is 39.4 Å². The minimum Gasteiger partial charge on any atom is -0.348 e. The number of hydrogen-bond acceptors (Lipinski definition) is 4. The van der Waals surface area contributed by atoms with E-state index in [0.29, 0.717) is 18.7 Å². The molecular weight excluding hydrogens is 272 g/mol. The topological polar surface area (TPSA) is 84.3 Å². The molecule has 0 aromatic heterocycles. The second-order valence-electron chi connectivity index (χ2n) is 4.56. The first-order valence-corrected chi connectivity index (χ1v) is 6.14. The van der Waals surface area contributed by atoms with E-state index in [2.05, 4.69) is 10.6 Å². The van der Waals surface area contributed by atoms with Crippen LogP contribution in [0.25, 0.3) is 0 Å². The summed E-state index contributed by atoms with van der Waals surface area (Å²) in [4.78, 5) is 21.9. The van der Waals surface area contributed by atoms with Crippen molar-refractivity contribution >= 4 is 11.6 Å². The van der Waals surface area contributed by atoms with Crippen molar-refractivity contribution < 1.29 is 18.5 Å². The maximum Gasteiger partial charge on any atom is 0.285 e. The molecule has 1 unspecified atom stereocenters. The summed E-state index contributed by atoms with van der Waals surface area (Å²) in [6.07, 6.45) is 1.60. The molecule has 1 atom stereocenters. The fourth-order valence-electron chi connectivity index (χ4n) is 2.11. The SMILES string of the molecule is O=C(NC1CCCNC1)c1cc(F)c(F)cc1[N+](=O)[O-]. The number of nitro groups is 1. The summed E-state index contributed by atoms with van der Waals surface area (Å²) >= 11 is 0. The van der Waals surface area contributed by atoms with Gasteiger partial charge < -0.3 is 10.6 Å². The van der Waals surface area contributed by atoms with E-state index in [0.717, 1.165) is 19.4 Å². The molecule has 0 bridgehead atoms. The van der Waals surface area contributed by atoms with Gasteiger partial charge in [-0.3, -0.25) is 14.9 Å². The lowest BCUT2D eigenvalue weighted by atomic mass is 10.1. The number of hydrogen-bond donors (Lipinski definition) is 2. The quantitative estimate of drug-likeness (QED) is 0.648. The van der Waals surface area contributed by atoms with E-state index in [1.165, 1.54) is 0 Å². The van der Waals surface area contributed by atoms with Gasteiger partial charge in [-0.25, -0.2) is 8.78 Å². The Morgan fingerprint density at radius 2 is 2.10 bits per heavy atom. The Hall–Kier alpha value is -2.09. The monoisotopic (exact) mass is 285 g/mol. The molecule has 8 heteroatoms. The standard InChI is InChI=1S/C12H13F2N3O3/c13-9-4-8(11(17(19)20)5-10(9)14)12(18)16-7-2-1-3-15-6-7/h4-5,7,15H,1-3,6H2,(H,16,18). The zero-order chi connectivity index (χ0) is 14.7. The molecule has 1 fully saturated rings. The smallest absolute Gasteiger partial charge is 0.285 e. The summed E-state index contributed by atoms with van der Waals surface area (Å²) in [5, 5.41) is 16.5. The van der Waals surface area contributed by atoms with Gasteiger partial charge in [0.25, 0.3) is 11.6 Å². The van der Waals surface area contributed by atoms with E-state index < -0.39 is 33.7 Å². The van der Waals surface area contributed by atoms with Crippen LogP contribution in [-0.4, -0.2) is 30.0 Å². The van der Waals surface area contributed by atoms with Gasteiger partial charge in [-0.1, -0.05) is 0 Å². The molecule has 1 amide bonds. The van der Waals surface area contributed by atoms with Crippen LogP contribution in [0.4, 0.5) is 14.5 Å². The van der Waals surface area contributed by atoms with E-state index in [9.17, 15) is 23.7 Å². The van der Waals surface area contributed by atoms with Crippen molar-refractivity contribution in [3.8, 4) is 0 Å². The molecule has 1 aromatic carbocycles. The van der Waals surface area contributed by atoms with E-state index in [-0.39, 0.29) is 6.04 Å². The number of nitrogens with one attached hydrogen (secondary N) is 2. The van der Waals surface area contributed by atoms with Crippen molar-refractivity contribution in [2.75, 3.05) is 13.1 Å². The second kappa shape index (κ2) is 5.91. The molecule has 1 aliphatic rings. The number of halogens is 2. The van der Waals surface area contributed by atoms with Gasteiger partial charge in [0.15, 0.2) is 11.6 Å². The molecule has 0 saturated carbocycles. The summed E-state index contributed by atoms with van der Waals surface area (Å²) < 4.78 is 26.2. The van der Waals surface area contributed by atoms with Crippen molar-refractivity contribution in [1.29, 1.82) is 0 Å². The van der Waals surface area contributed by atoms with Gasteiger partial charge in [0, 0.05) is 12.6 Å². The first-order chi connectivity index (χ1) is 9.49.